The van der Waals surface area contributed by atoms with E-state index in [-0.39, 0.29) is 24.9 Å². The van der Waals surface area contributed by atoms with Crippen molar-refractivity contribution in [3.63, 3.8) is 0 Å². The molecule has 1 aliphatic carbocycles. The second-order valence-corrected chi connectivity index (χ2v) is 5.35. The molecular weight excluding hydrogens is 240 g/mol. The van der Waals surface area contributed by atoms with E-state index in [0.717, 1.165) is 17.8 Å². The highest BCUT2D eigenvalue weighted by Gasteiger charge is 2.33. The summed E-state index contributed by atoms with van der Waals surface area (Å²) in [5.74, 6) is -0.955. The van der Waals surface area contributed by atoms with Gasteiger partial charge in [-0.3, -0.25) is 9.59 Å². The van der Waals surface area contributed by atoms with Crippen LogP contribution in [0, 0.1) is 6.92 Å². The molecule has 0 unspecified atom stereocenters. The van der Waals surface area contributed by atoms with Gasteiger partial charge in [-0.1, -0.05) is 0 Å². The summed E-state index contributed by atoms with van der Waals surface area (Å²) < 4.78 is 0. The highest BCUT2D eigenvalue weighted by atomic mass is 32.1. The number of aryl methyl sites for hydroxylation is 1. The first-order chi connectivity index (χ1) is 8.08. The zero-order valence-corrected chi connectivity index (χ0v) is 10.4. The predicted octanol–water partition coefficient (Wildman–Crippen LogP) is 1.53. The van der Waals surface area contributed by atoms with Gasteiger partial charge < -0.3 is 10.0 Å². The maximum Gasteiger partial charge on any atom is 0.305 e. The lowest BCUT2D eigenvalue weighted by atomic mass is 10.3. The normalized spacial score (nSPS) is 14.6. The topological polar surface area (TPSA) is 70.5 Å². The van der Waals surface area contributed by atoms with Gasteiger partial charge in [0.25, 0.3) is 5.91 Å². The Balaban J connectivity index is 2.05. The van der Waals surface area contributed by atoms with Crippen molar-refractivity contribution in [2.45, 2.75) is 32.2 Å². The van der Waals surface area contributed by atoms with Gasteiger partial charge in [0.1, 0.15) is 4.88 Å². The third-order valence-electron chi connectivity index (χ3n) is 2.65. The molecule has 1 aromatic rings. The van der Waals surface area contributed by atoms with E-state index < -0.39 is 5.97 Å². The van der Waals surface area contributed by atoms with E-state index in [2.05, 4.69) is 4.98 Å². The van der Waals surface area contributed by atoms with Crippen molar-refractivity contribution in [1.82, 2.24) is 9.88 Å². The Morgan fingerprint density at radius 1 is 1.59 bits per heavy atom. The van der Waals surface area contributed by atoms with Crippen LogP contribution in [0.5, 0.6) is 0 Å². The highest BCUT2D eigenvalue weighted by molar-refractivity contribution is 7.13. The molecule has 6 heteroatoms. The first-order valence-electron chi connectivity index (χ1n) is 5.53. The molecule has 92 valence electrons. The van der Waals surface area contributed by atoms with Gasteiger partial charge in [-0.05, 0) is 19.8 Å². The van der Waals surface area contributed by atoms with Gasteiger partial charge in [0.15, 0.2) is 0 Å². The molecule has 0 aromatic carbocycles. The van der Waals surface area contributed by atoms with Gasteiger partial charge in [0.05, 0.1) is 17.6 Å². The molecule has 0 aliphatic heterocycles. The van der Waals surface area contributed by atoms with E-state index >= 15 is 0 Å². The van der Waals surface area contributed by atoms with Crippen LogP contribution in [0.3, 0.4) is 0 Å². The predicted molar refractivity (Wildman–Crippen MR) is 63.2 cm³/mol. The smallest absolute Gasteiger partial charge is 0.305 e. The summed E-state index contributed by atoms with van der Waals surface area (Å²) in [7, 11) is 0. The number of thiazole rings is 1. The minimum atomic E-state index is -0.871. The zero-order valence-electron chi connectivity index (χ0n) is 9.55. The van der Waals surface area contributed by atoms with Crippen LogP contribution in [0.4, 0.5) is 0 Å². The quantitative estimate of drug-likeness (QED) is 0.865. The molecule has 1 aliphatic rings. The van der Waals surface area contributed by atoms with Crippen molar-refractivity contribution >= 4 is 23.2 Å². The molecule has 0 saturated heterocycles. The Labute approximate surface area is 103 Å². The van der Waals surface area contributed by atoms with Crippen molar-refractivity contribution in [1.29, 1.82) is 0 Å². The molecule has 17 heavy (non-hydrogen) atoms. The summed E-state index contributed by atoms with van der Waals surface area (Å²) in [5, 5.41) is 9.52. The summed E-state index contributed by atoms with van der Waals surface area (Å²) >= 11 is 1.35. The Kier molecular flexibility index (Phi) is 3.42. The molecular formula is C11H14N2O3S. The van der Waals surface area contributed by atoms with Crippen LogP contribution in [-0.2, 0) is 4.79 Å². The first kappa shape index (κ1) is 12.0. The van der Waals surface area contributed by atoms with Crippen LogP contribution in [0.25, 0.3) is 0 Å². The molecule has 2 rings (SSSR count). The minimum absolute atomic E-state index is 0.0000257. The maximum atomic E-state index is 12.2. The fraction of sp³-hybridized carbons (Fsp3) is 0.545. The monoisotopic (exact) mass is 254 g/mol. The van der Waals surface area contributed by atoms with Crippen molar-refractivity contribution in [2.24, 2.45) is 0 Å². The minimum Gasteiger partial charge on any atom is -0.481 e. The van der Waals surface area contributed by atoms with Crippen molar-refractivity contribution in [3.8, 4) is 0 Å². The molecule has 1 heterocycles. The Morgan fingerprint density at radius 2 is 2.29 bits per heavy atom. The molecule has 1 aromatic heterocycles. The number of carboxylic acid groups (broad SMARTS) is 1. The largest absolute Gasteiger partial charge is 0.481 e. The van der Waals surface area contributed by atoms with Gasteiger partial charge in [0.2, 0.25) is 0 Å². The fourth-order valence-electron chi connectivity index (χ4n) is 1.65. The Hall–Kier alpha value is -1.43. The number of aromatic nitrogens is 1. The highest BCUT2D eigenvalue weighted by Crippen LogP contribution is 2.29. The van der Waals surface area contributed by atoms with Crippen LogP contribution < -0.4 is 0 Å². The molecule has 0 bridgehead atoms. The van der Waals surface area contributed by atoms with E-state index in [1.54, 1.807) is 11.1 Å². The number of carbonyl (C=O) groups excluding carboxylic acids is 1. The fourth-order valence-corrected chi connectivity index (χ4v) is 2.39. The van der Waals surface area contributed by atoms with Gasteiger partial charge in [-0.2, -0.15) is 0 Å². The molecule has 1 N–H and O–H groups in total. The Bertz CT molecular complexity index is 440. The lowest BCUT2D eigenvalue weighted by Gasteiger charge is -2.20. The number of carbonyl (C=O) groups is 2. The second kappa shape index (κ2) is 4.83. The molecule has 5 nitrogen and oxygen atoms in total. The molecule has 1 saturated carbocycles. The molecule has 0 radical (unpaired) electrons. The van der Waals surface area contributed by atoms with Crippen molar-refractivity contribution in [2.75, 3.05) is 6.54 Å². The Morgan fingerprint density at radius 3 is 2.76 bits per heavy atom. The van der Waals surface area contributed by atoms with E-state index in [4.69, 9.17) is 5.11 Å². The molecule has 0 spiro atoms. The van der Waals surface area contributed by atoms with Crippen molar-refractivity contribution in [3.05, 3.63) is 16.1 Å². The molecule has 1 fully saturated rings. The van der Waals surface area contributed by atoms with Gasteiger partial charge in [0, 0.05) is 12.6 Å². The van der Waals surface area contributed by atoms with Crippen LogP contribution in [-0.4, -0.2) is 39.5 Å². The third kappa shape index (κ3) is 3.03. The average molecular weight is 254 g/mol. The van der Waals surface area contributed by atoms with Crippen LogP contribution in [0.1, 0.15) is 33.9 Å². The summed E-state index contributed by atoms with van der Waals surface area (Å²) in [6.45, 7) is 2.13. The van der Waals surface area contributed by atoms with Crippen LogP contribution in [0.15, 0.2) is 6.20 Å². The number of hydrogen-bond donors (Lipinski definition) is 1. The average Bonchev–Trinajstić information content (AvgIpc) is 3.00. The summed E-state index contributed by atoms with van der Waals surface area (Å²) in [5.41, 5.74) is 0. The van der Waals surface area contributed by atoms with E-state index in [1.165, 1.54) is 11.3 Å². The number of hydrogen-bond acceptors (Lipinski definition) is 4. The molecule has 0 atom stereocenters. The lowest BCUT2D eigenvalue weighted by Crippen LogP contribution is -2.34. The summed E-state index contributed by atoms with van der Waals surface area (Å²) in [6.07, 6.45) is 3.52. The third-order valence-corrected chi connectivity index (χ3v) is 3.55. The van der Waals surface area contributed by atoms with Gasteiger partial charge >= 0.3 is 5.97 Å². The first-order valence-corrected chi connectivity index (χ1v) is 6.35. The number of nitrogens with zero attached hydrogens (tertiary/aromatic N) is 2. The van der Waals surface area contributed by atoms with Gasteiger partial charge in [-0.15, -0.1) is 11.3 Å². The van der Waals surface area contributed by atoms with E-state index in [1.807, 2.05) is 6.92 Å². The number of amides is 1. The van der Waals surface area contributed by atoms with E-state index in [0.29, 0.717) is 4.88 Å². The SMILES string of the molecule is Cc1ncc(C(=O)N(CCC(=O)O)C2CC2)s1. The van der Waals surface area contributed by atoms with E-state index in [9.17, 15) is 9.59 Å². The second-order valence-electron chi connectivity index (χ2n) is 4.12. The van der Waals surface area contributed by atoms with Crippen molar-refractivity contribution < 1.29 is 14.7 Å². The van der Waals surface area contributed by atoms with Crippen LogP contribution in [0.2, 0.25) is 0 Å². The van der Waals surface area contributed by atoms with Crippen LogP contribution >= 0.6 is 11.3 Å². The number of rotatable bonds is 5. The number of carboxylic acids is 1. The number of aliphatic carboxylic acids is 1. The van der Waals surface area contributed by atoms with Gasteiger partial charge in [-0.25, -0.2) is 4.98 Å². The summed E-state index contributed by atoms with van der Waals surface area (Å²) in [4.78, 5) is 29.0. The standard InChI is InChI=1S/C11H14N2O3S/c1-7-12-6-9(17-7)11(16)13(8-2-3-8)5-4-10(14)15/h6,8H,2-5H2,1H3,(H,14,15). The maximum absolute atomic E-state index is 12.2. The summed E-state index contributed by atoms with van der Waals surface area (Å²) in [6, 6.07) is 0.226. The zero-order chi connectivity index (χ0) is 12.4. The molecule has 1 amide bonds. The lowest BCUT2D eigenvalue weighted by molar-refractivity contribution is -0.137.